The molecule has 2 atom stereocenters. The number of para-hydroxylation sites is 2. The third-order valence-corrected chi connectivity index (χ3v) is 6.89. The largest absolute Gasteiger partial charge is 0.361 e. The lowest BCUT2D eigenvalue weighted by Crippen LogP contribution is -2.48. The number of hydrogen-bond acceptors (Lipinski definition) is 2. The first-order valence-corrected chi connectivity index (χ1v) is 12.3. The summed E-state index contributed by atoms with van der Waals surface area (Å²) in [5.74, 6) is -0.675. The van der Waals surface area contributed by atoms with Crippen molar-refractivity contribution in [2.75, 3.05) is 6.54 Å². The van der Waals surface area contributed by atoms with Gasteiger partial charge in [-0.2, -0.15) is 0 Å². The van der Waals surface area contributed by atoms with Crippen LogP contribution in [0.2, 0.25) is 5.02 Å². The second-order valence-corrected chi connectivity index (χ2v) is 9.33. The Bertz CT molecular complexity index is 1540. The fourth-order valence-electron chi connectivity index (χ4n) is 4.83. The van der Waals surface area contributed by atoms with Crippen LogP contribution >= 0.6 is 11.6 Å². The molecule has 2 amide bonds. The van der Waals surface area contributed by atoms with Crippen LogP contribution in [-0.4, -0.2) is 34.4 Å². The molecule has 6 nitrogen and oxygen atoms in total. The van der Waals surface area contributed by atoms with Crippen LogP contribution in [0.3, 0.4) is 0 Å². The van der Waals surface area contributed by atoms with Gasteiger partial charge in [-0.3, -0.25) is 9.59 Å². The van der Waals surface area contributed by atoms with E-state index in [2.05, 4.69) is 26.7 Å². The van der Waals surface area contributed by atoms with Gasteiger partial charge in [0, 0.05) is 65.0 Å². The molecule has 0 aliphatic carbocycles. The highest BCUT2D eigenvalue weighted by atomic mass is 35.5. The van der Waals surface area contributed by atoms with Crippen LogP contribution in [-0.2, 0) is 16.0 Å². The maximum atomic E-state index is 13.4. The summed E-state index contributed by atoms with van der Waals surface area (Å²) in [5.41, 5.74) is 4.96. The molecule has 0 spiro atoms. The number of rotatable bonds is 8. The van der Waals surface area contributed by atoms with Gasteiger partial charge in [0.2, 0.25) is 11.8 Å². The molecule has 7 heteroatoms. The van der Waals surface area contributed by atoms with Crippen molar-refractivity contribution in [1.29, 1.82) is 0 Å². The second-order valence-electron chi connectivity index (χ2n) is 8.93. The van der Waals surface area contributed by atoms with Crippen molar-refractivity contribution in [2.45, 2.75) is 25.3 Å². The molecule has 0 aliphatic heterocycles. The number of aromatic amines is 2. The Balaban J connectivity index is 1.42. The minimum atomic E-state index is -0.712. The van der Waals surface area contributed by atoms with Crippen LogP contribution < -0.4 is 10.6 Å². The Kier molecular flexibility index (Phi) is 6.78. The minimum absolute atomic E-state index is 0.176. The van der Waals surface area contributed by atoms with E-state index in [1.807, 2.05) is 79.1 Å². The van der Waals surface area contributed by atoms with Gasteiger partial charge >= 0.3 is 0 Å². The summed E-state index contributed by atoms with van der Waals surface area (Å²) in [5, 5.41) is 8.67. The number of amides is 2. The number of carbonyl (C=O) groups excluding carboxylic acids is 2. The van der Waals surface area contributed by atoms with E-state index in [1.165, 1.54) is 6.92 Å². The molecule has 182 valence electrons. The molecule has 4 N–H and O–H groups in total. The Morgan fingerprint density at radius 3 is 2.22 bits per heavy atom. The molecule has 5 aromatic rings. The van der Waals surface area contributed by atoms with E-state index in [1.54, 1.807) is 0 Å². The average molecular weight is 499 g/mol. The normalized spacial score (nSPS) is 12.9. The molecule has 0 bridgehead atoms. The Morgan fingerprint density at radius 1 is 0.833 bits per heavy atom. The zero-order valence-corrected chi connectivity index (χ0v) is 20.6. The third-order valence-electron chi connectivity index (χ3n) is 6.55. The molecule has 0 saturated carbocycles. The first-order chi connectivity index (χ1) is 17.5. The van der Waals surface area contributed by atoms with Crippen LogP contribution in [0.25, 0.3) is 21.8 Å². The van der Waals surface area contributed by atoms with Crippen LogP contribution in [0.1, 0.15) is 29.5 Å². The highest BCUT2D eigenvalue weighted by Gasteiger charge is 2.25. The topological polar surface area (TPSA) is 89.8 Å². The molecule has 2 aromatic heterocycles. The fraction of sp³-hybridized carbons (Fsp3) is 0.172. The number of hydrogen-bond donors (Lipinski definition) is 4. The molecule has 3 aromatic carbocycles. The number of benzene rings is 3. The van der Waals surface area contributed by atoms with Crippen molar-refractivity contribution in [3.63, 3.8) is 0 Å². The number of aromatic nitrogens is 2. The molecule has 2 heterocycles. The zero-order valence-electron chi connectivity index (χ0n) is 19.8. The van der Waals surface area contributed by atoms with E-state index in [-0.39, 0.29) is 17.7 Å². The number of H-pyrrole nitrogens is 2. The van der Waals surface area contributed by atoms with Crippen LogP contribution in [0, 0.1) is 0 Å². The molecule has 2 unspecified atom stereocenters. The summed E-state index contributed by atoms with van der Waals surface area (Å²) in [4.78, 5) is 31.9. The summed E-state index contributed by atoms with van der Waals surface area (Å²) in [6.07, 6.45) is 4.24. The van der Waals surface area contributed by atoms with Gasteiger partial charge in [0.15, 0.2) is 0 Å². The molecule has 0 saturated heterocycles. The predicted molar refractivity (Wildman–Crippen MR) is 144 cm³/mol. The van der Waals surface area contributed by atoms with E-state index in [0.29, 0.717) is 18.0 Å². The van der Waals surface area contributed by atoms with Crippen LogP contribution in [0.15, 0.2) is 85.2 Å². The van der Waals surface area contributed by atoms with Crippen molar-refractivity contribution in [3.05, 3.63) is 107 Å². The van der Waals surface area contributed by atoms with Gasteiger partial charge in [0.1, 0.15) is 6.04 Å². The van der Waals surface area contributed by atoms with E-state index >= 15 is 0 Å². The van der Waals surface area contributed by atoms with Gasteiger partial charge in [0.05, 0.1) is 0 Å². The van der Waals surface area contributed by atoms with Gasteiger partial charge in [0.25, 0.3) is 0 Å². The molecule has 0 aliphatic rings. The van der Waals surface area contributed by atoms with Crippen molar-refractivity contribution >= 4 is 45.2 Å². The van der Waals surface area contributed by atoms with Gasteiger partial charge in [-0.1, -0.05) is 66.2 Å². The lowest BCUT2D eigenvalue weighted by molar-refractivity contribution is -0.128. The van der Waals surface area contributed by atoms with Crippen molar-refractivity contribution in [3.8, 4) is 0 Å². The number of nitrogens with one attached hydrogen (secondary N) is 4. The van der Waals surface area contributed by atoms with E-state index < -0.39 is 6.04 Å². The molecule has 36 heavy (non-hydrogen) atoms. The number of halogens is 1. The van der Waals surface area contributed by atoms with E-state index in [0.717, 1.165) is 38.5 Å². The van der Waals surface area contributed by atoms with Crippen LogP contribution in [0.4, 0.5) is 0 Å². The van der Waals surface area contributed by atoms with Crippen molar-refractivity contribution < 1.29 is 9.59 Å². The smallest absolute Gasteiger partial charge is 0.242 e. The highest BCUT2D eigenvalue weighted by Crippen LogP contribution is 2.34. The van der Waals surface area contributed by atoms with Gasteiger partial charge in [-0.25, -0.2) is 0 Å². The van der Waals surface area contributed by atoms with Gasteiger partial charge < -0.3 is 20.6 Å². The first kappa shape index (κ1) is 23.7. The number of carbonyl (C=O) groups is 2. The number of fused-ring (bicyclic) bond motifs is 2. The molecular formula is C29H27ClN4O2. The fourth-order valence-corrected chi connectivity index (χ4v) is 5.10. The SMILES string of the molecule is CC(=O)NC(Cc1c[nH]c2ccccc12)C(=O)NCC(c1ccccc1Cl)c1c[nH]c2ccccc12. The van der Waals surface area contributed by atoms with Gasteiger partial charge in [-0.05, 0) is 34.9 Å². The second kappa shape index (κ2) is 10.3. The molecule has 0 fully saturated rings. The molecule has 0 radical (unpaired) electrons. The summed E-state index contributed by atoms with van der Waals surface area (Å²) in [6, 6.07) is 22.9. The lowest BCUT2D eigenvalue weighted by atomic mass is 9.90. The van der Waals surface area contributed by atoms with Crippen molar-refractivity contribution in [1.82, 2.24) is 20.6 Å². The van der Waals surface area contributed by atoms with E-state index in [4.69, 9.17) is 11.6 Å². The monoisotopic (exact) mass is 498 g/mol. The first-order valence-electron chi connectivity index (χ1n) is 11.9. The van der Waals surface area contributed by atoms with Crippen LogP contribution in [0.5, 0.6) is 0 Å². The Morgan fingerprint density at radius 2 is 1.47 bits per heavy atom. The quantitative estimate of drug-likeness (QED) is 0.234. The zero-order chi connectivity index (χ0) is 25.1. The Labute approximate surface area is 214 Å². The lowest BCUT2D eigenvalue weighted by Gasteiger charge is -2.22. The van der Waals surface area contributed by atoms with Gasteiger partial charge in [-0.15, -0.1) is 0 Å². The minimum Gasteiger partial charge on any atom is -0.361 e. The third kappa shape index (κ3) is 4.86. The highest BCUT2D eigenvalue weighted by molar-refractivity contribution is 6.31. The summed E-state index contributed by atoms with van der Waals surface area (Å²) < 4.78 is 0. The summed E-state index contributed by atoms with van der Waals surface area (Å²) >= 11 is 6.60. The summed E-state index contributed by atoms with van der Waals surface area (Å²) in [6.45, 7) is 1.75. The maximum Gasteiger partial charge on any atom is 0.242 e. The predicted octanol–water partition coefficient (Wildman–Crippen LogP) is 5.30. The van der Waals surface area contributed by atoms with E-state index in [9.17, 15) is 9.59 Å². The standard InChI is InChI=1S/C29H27ClN4O2/c1-18(35)34-28(14-19-15-31-26-12-6-3-8-20(19)26)29(36)33-17-23(21-9-2-5-11-25(21)30)24-16-32-27-13-7-4-10-22(24)27/h2-13,15-16,23,28,31-32H,14,17H2,1H3,(H,33,36)(H,34,35). The summed E-state index contributed by atoms with van der Waals surface area (Å²) in [7, 11) is 0. The Hall–Kier alpha value is -4.03. The average Bonchev–Trinajstić information content (AvgIpc) is 3.49. The molecular weight excluding hydrogens is 472 g/mol. The molecule has 5 rings (SSSR count). The van der Waals surface area contributed by atoms with Crippen molar-refractivity contribution in [2.24, 2.45) is 0 Å². The maximum absolute atomic E-state index is 13.4.